The van der Waals surface area contributed by atoms with Gasteiger partial charge in [-0.15, -0.1) is 0 Å². The molecule has 1 amide bonds. The van der Waals surface area contributed by atoms with E-state index in [0.717, 1.165) is 17.8 Å². The van der Waals surface area contributed by atoms with Crippen LogP contribution < -0.4 is 10.6 Å². The molecule has 0 saturated heterocycles. The Morgan fingerprint density at radius 2 is 2.18 bits per heavy atom. The molecule has 1 aromatic carbocycles. The normalized spacial score (nSPS) is 12.2. The second-order valence-corrected chi connectivity index (χ2v) is 4.61. The molecule has 0 radical (unpaired) electrons. The second kappa shape index (κ2) is 6.62. The number of carbonyl (C=O) groups is 1. The number of aryl methyl sites for hydroxylation is 1. The van der Waals surface area contributed by atoms with Crippen LogP contribution in [0.1, 0.15) is 25.8 Å². The number of nitrogens with one attached hydrogen (secondary N) is 2. The number of halogens is 1. The van der Waals surface area contributed by atoms with Crippen molar-refractivity contribution < 1.29 is 4.79 Å². The maximum atomic E-state index is 11.8. The fourth-order valence-electron chi connectivity index (χ4n) is 1.63. The molecule has 0 aromatic heterocycles. The van der Waals surface area contributed by atoms with Gasteiger partial charge in [0.2, 0.25) is 5.91 Å². The Kier molecular flexibility index (Phi) is 5.45. The van der Waals surface area contributed by atoms with Gasteiger partial charge in [-0.05, 0) is 38.1 Å². The molecule has 0 aliphatic carbocycles. The van der Waals surface area contributed by atoms with E-state index in [1.165, 1.54) is 0 Å². The lowest BCUT2D eigenvalue weighted by Gasteiger charge is -2.13. The maximum Gasteiger partial charge on any atom is 0.225 e. The molecule has 0 saturated carbocycles. The van der Waals surface area contributed by atoms with Gasteiger partial charge in [0.1, 0.15) is 0 Å². The summed E-state index contributed by atoms with van der Waals surface area (Å²) in [6.45, 7) is 6.83. The molecule has 0 bridgehead atoms. The molecule has 1 rings (SSSR count). The second-order valence-electron chi connectivity index (χ2n) is 4.17. The van der Waals surface area contributed by atoms with Crippen LogP contribution in [-0.4, -0.2) is 18.5 Å². The van der Waals surface area contributed by atoms with Crippen molar-refractivity contribution in [2.24, 2.45) is 0 Å². The van der Waals surface area contributed by atoms with E-state index in [9.17, 15) is 4.79 Å². The Morgan fingerprint density at radius 3 is 2.82 bits per heavy atom. The SMILES string of the molecule is CCNC(C)CC(=O)Nc1cc(Cl)ccc1C. The van der Waals surface area contributed by atoms with Gasteiger partial charge >= 0.3 is 0 Å². The van der Waals surface area contributed by atoms with Crippen LogP contribution >= 0.6 is 11.6 Å². The minimum atomic E-state index is 0.00353. The summed E-state index contributed by atoms with van der Waals surface area (Å²) in [4.78, 5) is 11.8. The summed E-state index contributed by atoms with van der Waals surface area (Å²) >= 11 is 5.89. The molecule has 0 fully saturated rings. The fraction of sp³-hybridized carbons (Fsp3) is 0.462. The van der Waals surface area contributed by atoms with Crippen LogP contribution in [-0.2, 0) is 4.79 Å². The summed E-state index contributed by atoms with van der Waals surface area (Å²) < 4.78 is 0. The highest BCUT2D eigenvalue weighted by atomic mass is 35.5. The molecule has 0 aliphatic rings. The third kappa shape index (κ3) is 4.75. The summed E-state index contributed by atoms with van der Waals surface area (Å²) in [5.74, 6) is 0.00353. The summed E-state index contributed by atoms with van der Waals surface area (Å²) in [5.41, 5.74) is 1.80. The van der Waals surface area contributed by atoms with Crippen molar-refractivity contribution in [3.8, 4) is 0 Å². The molecule has 0 spiro atoms. The predicted octanol–water partition coefficient (Wildman–Crippen LogP) is 2.98. The number of amides is 1. The van der Waals surface area contributed by atoms with Crippen molar-refractivity contribution in [2.45, 2.75) is 33.2 Å². The number of benzene rings is 1. The molecule has 0 heterocycles. The van der Waals surface area contributed by atoms with Gasteiger partial charge in [-0.25, -0.2) is 0 Å². The Labute approximate surface area is 108 Å². The first kappa shape index (κ1) is 14.0. The zero-order chi connectivity index (χ0) is 12.8. The Morgan fingerprint density at radius 1 is 1.47 bits per heavy atom. The first-order chi connectivity index (χ1) is 8.02. The minimum absolute atomic E-state index is 0.00353. The largest absolute Gasteiger partial charge is 0.326 e. The molecular weight excluding hydrogens is 236 g/mol. The van der Waals surface area contributed by atoms with Crippen molar-refractivity contribution in [3.63, 3.8) is 0 Å². The van der Waals surface area contributed by atoms with E-state index < -0.39 is 0 Å². The molecule has 2 N–H and O–H groups in total. The third-order valence-corrected chi connectivity index (χ3v) is 2.75. The van der Waals surface area contributed by atoms with Crippen LogP contribution in [0.3, 0.4) is 0 Å². The zero-order valence-electron chi connectivity index (χ0n) is 10.5. The summed E-state index contributed by atoms with van der Waals surface area (Å²) in [6.07, 6.45) is 0.458. The molecule has 0 aliphatic heterocycles. The van der Waals surface area contributed by atoms with Crippen LogP contribution in [0.4, 0.5) is 5.69 Å². The van der Waals surface area contributed by atoms with Crippen molar-refractivity contribution in [1.29, 1.82) is 0 Å². The van der Waals surface area contributed by atoms with Crippen LogP contribution in [0.25, 0.3) is 0 Å². The van der Waals surface area contributed by atoms with Crippen LogP contribution in [0, 0.1) is 6.92 Å². The lowest BCUT2D eigenvalue weighted by atomic mass is 10.2. The monoisotopic (exact) mass is 254 g/mol. The molecule has 3 nitrogen and oxygen atoms in total. The molecule has 1 aromatic rings. The lowest BCUT2D eigenvalue weighted by molar-refractivity contribution is -0.116. The summed E-state index contributed by atoms with van der Waals surface area (Å²) in [6, 6.07) is 5.66. The van der Waals surface area contributed by atoms with Gasteiger partial charge in [-0.3, -0.25) is 4.79 Å². The van der Waals surface area contributed by atoms with Gasteiger partial charge in [-0.1, -0.05) is 24.6 Å². The highest BCUT2D eigenvalue weighted by Crippen LogP contribution is 2.20. The van der Waals surface area contributed by atoms with Crippen molar-refractivity contribution in [3.05, 3.63) is 28.8 Å². The van der Waals surface area contributed by atoms with Crippen molar-refractivity contribution in [2.75, 3.05) is 11.9 Å². The van der Waals surface area contributed by atoms with Crippen molar-refractivity contribution >= 4 is 23.2 Å². The average Bonchev–Trinajstić information content (AvgIpc) is 2.23. The molecule has 17 heavy (non-hydrogen) atoms. The van der Waals surface area contributed by atoms with Gasteiger partial charge in [0.05, 0.1) is 0 Å². The zero-order valence-corrected chi connectivity index (χ0v) is 11.3. The number of carbonyl (C=O) groups excluding carboxylic acids is 1. The number of rotatable bonds is 5. The predicted molar refractivity (Wildman–Crippen MR) is 72.6 cm³/mol. The first-order valence-corrected chi connectivity index (χ1v) is 6.20. The lowest BCUT2D eigenvalue weighted by Crippen LogP contribution is -2.30. The minimum Gasteiger partial charge on any atom is -0.326 e. The fourth-order valence-corrected chi connectivity index (χ4v) is 1.80. The van der Waals surface area contributed by atoms with E-state index in [1.807, 2.05) is 32.9 Å². The van der Waals surface area contributed by atoms with E-state index in [1.54, 1.807) is 6.07 Å². The van der Waals surface area contributed by atoms with E-state index in [2.05, 4.69) is 10.6 Å². The Balaban J connectivity index is 2.58. The van der Waals surface area contributed by atoms with Gasteiger partial charge in [0, 0.05) is 23.2 Å². The number of hydrogen-bond donors (Lipinski definition) is 2. The third-order valence-electron chi connectivity index (χ3n) is 2.52. The highest BCUT2D eigenvalue weighted by Gasteiger charge is 2.09. The standard InChI is InChI=1S/C13H19ClN2O/c1-4-15-10(3)7-13(17)16-12-8-11(14)6-5-9(12)2/h5-6,8,10,15H,4,7H2,1-3H3,(H,16,17). The average molecular weight is 255 g/mol. The van der Waals surface area contributed by atoms with E-state index in [-0.39, 0.29) is 11.9 Å². The summed E-state index contributed by atoms with van der Waals surface area (Å²) in [5, 5.41) is 6.71. The Hall–Kier alpha value is -1.06. The van der Waals surface area contributed by atoms with Crippen molar-refractivity contribution in [1.82, 2.24) is 5.32 Å². The summed E-state index contributed by atoms with van der Waals surface area (Å²) in [7, 11) is 0. The van der Waals surface area contributed by atoms with Gasteiger partial charge in [0.25, 0.3) is 0 Å². The quantitative estimate of drug-likeness (QED) is 0.848. The van der Waals surface area contributed by atoms with Crippen LogP contribution in [0.5, 0.6) is 0 Å². The first-order valence-electron chi connectivity index (χ1n) is 5.82. The molecular formula is C13H19ClN2O. The Bertz CT molecular complexity index is 393. The van der Waals surface area contributed by atoms with Crippen LogP contribution in [0.15, 0.2) is 18.2 Å². The molecule has 94 valence electrons. The van der Waals surface area contributed by atoms with Crippen LogP contribution in [0.2, 0.25) is 5.02 Å². The molecule has 1 unspecified atom stereocenters. The van der Waals surface area contributed by atoms with E-state index in [0.29, 0.717) is 11.4 Å². The van der Waals surface area contributed by atoms with E-state index in [4.69, 9.17) is 11.6 Å². The molecule has 4 heteroatoms. The maximum absolute atomic E-state index is 11.8. The highest BCUT2D eigenvalue weighted by molar-refractivity contribution is 6.31. The topological polar surface area (TPSA) is 41.1 Å². The van der Waals surface area contributed by atoms with Gasteiger partial charge in [-0.2, -0.15) is 0 Å². The molecule has 1 atom stereocenters. The van der Waals surface area contributed by atoms with Gasteiger partial charge in [0.15, 0.2) is 0 Å². The number of hydrogen-bond acceptors (Lipinski definition) is 2. The number of anilines is 1. The smallest absolute Gasteiger partial charge is 0.225 e. The van der Waals surface area contributed by atoms with Gasteiger partial charge < -0.3 is 10.6 Å². The van der Waals surface area contributed by atoms with E-state index >= 15 is 0 Å².